The second kappa shape index (κ2) is 5.83. The predicted octanol–water partition coefficient (Wildman–Crippen LogP) is 1.41. The largest absolute Gasteiger partial charge is 0.396 e. The van der Waals surface area contributed by atoms with Gasteiger partial charge >= 0.3 is 0 Å². The molecule has 3 atom stereocenters. The molecule has 1 aliphatic heterocycles. The van der Waals surface area contributed by atoms with Gasteiger partial charge in [0.25, 0.3) is 0 Å². The lowest BCUT2D eigenvalue weighted by molar-refractivity contribution is 0.126. The summed E-state index contributed by atoms with van der Waals surface area (Å²) in [5.41, 5.74) is 0.0215. The topological polar surface area (TPSA) is 41.5 Å². The van der Waals surface area contributed by atoms with Crippen LogP contribution in [0.25, 0.3) is 0 Å². The van der Waals surface area contributed by atoms with Crippen LogP contribution in [0.2, 0.25) is 0 Å². The summed E-state index contributed by atoms with van der Waals surface area (Å²) < 4.78 is 5.37. The van der Waals surface area contributed by atoms with Gasteiger partial charge in [-0.15, -0.1) is 0 Å². The summed E-state index contributed by atoms with van der Waals surface area (Å²) in [7, 11) is 0. The molecular weight excluding hydrogens is 190 g/mol. The molecule has 0 spiro atoms. The van der Waals surface area contributed by atoms with Gasteiger partial charge in [0.15, 0.2) is 0 Å². The smallest absolute Gasteiger partial charge is 0.0509 e. The van der Waals surface area contributed by atoms with E-state index in [0.717, 1.165) is 32.6 Å². The molecule has 15 heavy (non-hydrogen) atoms. The van der Waals surface area contributed by atoms with Crippen LogP contribution in [0, 0.1) is 11.3 Å². The third-order valence-electron chi connectivity index (χ3n) is 3.76. The first-order valence-electron chi connectivity index (χ1n) is 6.03. The van der Waals surface area contributed by atoms with E-state index in [-0.39, 0.29) is 12.0 Å². The molecule has 1 aliphatic rings. The van der Waals surface area contributed by atoms with Crippen molar-refractivity contribution in [1.82, 2.24) is 5.32 Å². The highest BCUT2D eigenvalue weighted by Gasteiger charge is 2.25. The normalized spacial score (nSPS) is 27.6. The maximum Gasteiger partial charge on any atom is 0.0509 e. The van der Waals surface area contributed by atoms with Gasteiger partial charge in [0.2, 0.25) is 0 Å². The van der Waals surface area contributed by atoms with Crippen molar-refractivity contribution in [2.75, 3.05) is 26.4 Å². The van der Waals surface area contributed by atoms with E-state index in [0.29, 0.717) is 12.0 Å². The molecule has 0 amide bonds. The predicted molar refractivity (Wildman–Crippen MR) is 61.9 cm³/mol. The Bertz CT molecular complexity index is 174. The van der Waals surface area contributed by atoms with Crippen LogP contribution in [0.5, 0.6) is 0 Å². The van der Waals surface area contributed by atoms with Gasteiger partial charge in [0.05, 0.1) is 6.61 Å². The Morgan fingerprint density at radius 2 is 2.33 bits per heavy atom. The summed E-state index contributed by atoms with van der Waals surface area (Å²) in [4.78, 5) is 0. The molecule has 1 saturated heterocycles. The van der Waals surface area contributed by atoms with Crippen LogP contribution < -0.4 is 5.32 Å². The highest BCUT2D eigenvalue weighted by molar-refractivity contribution is 4.80. The fraction of sp³-hybridized carbons (Fsp3) is 1.00. The minimum Gasteiger partial charge on any atom is -0.396 e. The van der Waals surface area contributed by atoms with E-state index in [1.807, 2.05) is 0 Å². The van der Waals surface area contributed by atoms with Gasteiger partial charge in [0.1, 0.15) is 0 Å². The summed E-state index contributed by atoms with van der Waals surface area (Å²) >= 11 is 0. The number of aliphatic hydroxyl groups excluding tert-OH is 1. The molecule has 0 aromatic heterocycles. The molecule has 0 radical (unpaired) electrons. The van der Waals surface area contributed by atoms with Gasteiger partial charge in [-0.05, 0) is 25.7 Å². The number of aliphatic hydroxyl groups is 1. The zero-order valence-electron chi connectivity index (χ0n) is 10.3. The van der Waals surface area contributed by atoms with Gasteiger partial charge in [-0.2, -0.15) is 0 Å². The number of rotatable bonds is 6. The Balaban J connectivity index is 2.28. The molecule has 0 saturated carbocycles. The molecule has 3 unspecified atom stereocenters. The zero-order chi connectivity index (χ0) is 11.3. The van der Waals surface area contributed by atoms with Crippen molar-refractivity contribution < 1.29 is 9.84 Å². The van der Waals surface area contributed by atoms with Crippen LogP contribution in [0.3, 0.4) is 0 Å². The van der Waals surface area contributed by atoms with Gasteiger partial charge in [-0.1, -0.05) is 13.8 Å². The molecule has 0 aliphatic carbocycles. The van der Waals surface area contributed by atoms with Crippen LogP contribution in [0.4, 0.5) is 0 Å². The maximum absolute atomic E-state index is 9.30. The Morgan fingerprint density at radius 1 is 1.60 bits per heavy atom. The van der Waals surface area contributed by atoms with Gasteiger partial charge < -0.3 is 15.2 Å². The van der Waals surface area contributed by atoms with Crippen LogP contribution in [0.1, 0.15) is 33.6 Å². The van der Waals surface area contributed by atoms with E-state index >= 15 is 0 Å². The highest BCUT2D eigenvalue weighted by Crippen LogP contribution is 2.21. The van der Waals surface area contributed by atoms with E-state index in [1.165, 1.54) is 0 Å². The number of hydrogen-bond donors (Lipinski definition) is 2. The Morgan fingerprint density at radius 3 is 2.80 bits per heavy atom. The zero-order valence-corrected chi connectivity index (χ0v) is 10.3. The molecule has 1 fully saturated rings. The summed E-state index contributed by atoms with van der Waals surface area (Å²) in [6.07, 6.45) is 2.17. The summed E-state index contributed by atoms with van der Waals surface area (Å²) in [5, 5.41) is 12.8. The first kappa shape index (κ1) is 12.9. The quantitative estimate of drug-likeness (QED) is 0.704. The number of nitrogens with one attached hydrogen (secondary N) is 1. The average Bonchev–Trinajstić information content (AvgIpc) is 2.79. The Kier molecular flexibility index (Phi) is 5.03. The van der Waals surface area contributed by atoms with E-state index in [1.54, 1.807) is 0 Å². The van der Waals surface area contributed by atoms with Crippen LogP contribution in [-0.4, -0.2) is 37.5 Å². The van der Waals surface area contributed by atoms with Crippen molar-refractivity contribution in [2.24, 2.45) is 11.3 Å². The monoisotopic (exact) mass is 215 g/mol. The second-order valence-corrected chi connectivity index (χ2v) is 5.12. The van der Waals surface area contributed by atoms with E-state index in [4.69, 9.17) is 4.74 Å². The Labute approximate surface area is 93.2 Å². The van der Waals surface area contributed by atoms with E-state index in [2.05, 4.69) is 26.1 Å². The summed E-state index contributed by atoms with van der Waals surface area (Å²) in [6, 6.07) is 0.491. The maximum atomic E-state index is 9.30. The average molecular weight is 215 g/mol. The minimum absolute atomic E-state index is 0.0215. The van der Waals surface area contributed by atoms with Crippen molar-refractivity contribution in [3.63, 3.8) is 0 Å². The van der Waals surface area contributed by atoms with Gasteiger partial charge in [0, 0.05) is 31.2 Å². The standard InChI is InChI=1S/C12H25NO2/c1-4-12(3,9-14)8-13-10(2)11-5-6-15-7-11/h10-11,13-14H,4-9H2,1-3H3. The lowest BCUT2D eigenvalue weighted by atomic mass is 9.88. The lowest BCUT2D eigenvalue weighted by Gasteiger charge is -2.29. The molecule has 3 heteroatoms. The molecule has 0 aromatic rings. The minimum atomic E-state index is 0.0215. The molecule has 0 bridgehead atoms. The summed E-state index contributed by atoms with van der Waals surface area (Å²) in [5.74, 6) is 0.643. The first-order chi connectivity index (χ1) is 7.11. The Hall–Kier alpha value is -0.120. The van der Waals surface area contributed by atoms with Crippen LogP contribution in [-0.2, 0) is 4.74 Å². The van der Waals surface area contributed by atoms with Gasteiger partial charge in [-0.25, -0.2) is 0 Å². The summed E-state index contributed by atoms with van der Waals surface area (Å²) in [6.45, 7) is 9.39. The van der Waals surface area contributed by atoms with Crippen molar-refractivity contribution >= 4 is 0 Å². The first-order valence-corrected chi connectivity index (χ1v) is 6.03. The second-order valence-electron chi connectivity index (χ2n) is 5.12. The van der Waals surface area contributed by atoms with Crippen LogP contribution >= 0.6 is 0 Å². The SMILES string of the molecule is CCC(C)(CO)CNC(C)C1CCOC1. The third-order valence-corrected chi connectivity index (χ3v) is 3.76. The fourth-order valence-corrected chi connectivity index (χ4v) is 1.81. The molecule has 0 aromatic carbocycles. The fourth-order valence-electron chi connectivity index (χ4n) is 1.81. The molecule has 90 valence electrons. The molecule has 1 heterocycles. The molecular formula is C12H25NO2. The van der Waals surface area contributed by atoms with Crippen molar-refractivity contribution in [3.8, 4) is 0 Å². The van der Waals surface area contributed by atoms with Crippen molar-refractivity contribution in [1.29, 1.82) is 0 Å². The van der Waals surface area contributed by atoms with Crippen molar-refractivity contribution in [3.05, 3.63) is 0 Å². The van der Waals surface area contributed by atoms with E-state index in [9.17, 15) is 5.11 Å². The van der Waals surface area contributed by atoms with E-state index < -0.39 is 0 Å². The molecule has 1 rings (SSSR count). The molecule has 3 nitrogen and oxygen atoms in total. The third kappa shape index (κ3) is 3.74. The van der Waals surface area contributed by atoms with Crippen LogP contribution in [0.15, 0.2) is 0 Å². The lowest BCUT2D eigenvalue weighted by Crippen LogP contribution is -2.42. The van der Waals surface area contributed by atoms with Gasteiger partial charge in [-0.3, -0.25) is 0 Å². The van der Waals surface area contributed by atoms with Crippen molar-refractivity contribution in [2.45, 2.75) is 39.7 Å². The number of hydrogen-bond acceptors (Lipinski definition) is 3. The number of ether oxygens (including phenoxy) is 1. The molecule has 2 N–H and O–H groups in total. The highest BCUT2D eigenvalue weighted by atomic mass is 16.5.